The molecule has 1 aromatic carbocycles. The maximum absolute atomic E-state index is 5.08. The number of methoxy groups -OCH3 is 1. The molecule has 1 aromatic rings. The van der Waals surface area contributed by atoms with Gasteiger partial charge in [-0.1, -0.05) is 19.6 Å². The van der Waals surface area contributed by atoms with E-state index in [0.29, 0.717) is 5.04 Å². The number of hydrogen-bond acceptors (Lipinski definition) is 2. The van der Waals surface area contributed by atoms with Crippen LogP contribution in [0.2, 0.25) is 19.6 Å². The van der Waals surface area contributed by atoms with E-state index in [1.165, 1.54) is 0 Å². The number of thiol groups is 1. The van der Waals surface area contributed by atoms with Gasteiger partial charge in [-0.25, -0.2) is 4.99 Å². The Morgan fingerprint density at radius 2 is 1.82 bits per heavy atom. The zero-order valence-electron chi connectivity index (χ0n) is 10.6. The van der Waals surface area contributed by atoms with E-state index in [0.717, 1.165) is 11.4 Å². The van der Waals surface area contributed by atoms with Crippen molar-refractivity contribution in [2.75, 3.05) is 7.11 Å². The molecule has 17 heavy (non-hydrogen) atoms. The van der Waals surface area contributed by atoms with Gasteiger partial charge in [0.1, 0.15) is 18.9 Å². The van der Waals surface area contributed by atoms with Crippen molar-refractivity contribution in [3.63, 3.8) is 0 Å². The van der Waals surface area contributed by atoms with Crippen molar-refractivity contribution in [1.29, 1.82) is 0 Å². The van der Waals surface area contributed by atoms with Crippen molar-refractivity contribution in [2.45, 2.75) is 19.6 Å². The van der Waals surface area contributed by atoms with E-state index in [1.54, 1.807) is 7.11 Å². The fourth-order valence-corrected chi connectivity index (χ4v) is 1.82. The topological polar surface area (TPSA) is 21.6 Å². The Hall–Kier alpha value is -1.18. The molecule has 0 bridgehead atoms. The van der Waals surface area contributed by atoms with Crippen molar-refractivity contribution in [1.82, 2.24) is 0 Å². The Morgan fingerprint density at radius 3 is 2.29 bits per heavy atom. The molecule has 0 heterocycles. The Morgan fingerprint density at radius 1 is 1.24 bits per heavy atom. The van der Waals surface area contributed by atoms with Crippen LogP contribution < -0.4 is 4.74 Å². The lowest BCUT2D eigenvalue weighted by molar-refractivity contribution is 0.415. The van der Waals surface area contributed by atoms with Crippen molar-refractivity contribution in [3.8, 4) is 17.2 Å². The molecule has 0 amide bonds. The number of ether oxygens (including phenoxy) is 1. The van der Waals surface area contributed by atoms with Gasteiger partial charge in [0.2, 0.25) is 0 Å². The van der Waals surface area contributed by atoms with E-state index >= 15 is 0 Å². The van der Waals surface area contributed by atoms with Gasteiger partial charge in [-0.3, -0.25) is 0 Å². The number of rotatable bonds is 2. The summed E-state index contributed by atoms with van der Waals surface area (Å²) in [5.41, 5.74) is 4.06. The Labute approximate surface area is 110 Å². The van der Waals surface area contributed by atoms with Crippen LogP contribution in [0.5, 0.6) is 5.75 Å². The highest BCUT2D eigenvalue weighted by atomic mass is 32.1. The van der Waals surface area contributed by atoms with E-state index < -0.39 is 8.07 Å². The Bertz CT molecular complexity index is 463. The summed E-state index contributed by atoms with van der Waals surface area (Å²) in [6.45, 7) is 6.57. The van der Waals surface area contributed by atoms with E-state index in [1.807, 2.05) is 24.3 Å². The molecular formula is C13H17NOSSi. The van der Waals surface area contributed by atoms with Gasteiger partial charge in [-0.15, -0.1) is 18.2 Å². The Balaban J connectivity index is 2.83. The van der Waals surface area contributed by atoms with Crippen LogP contribution in [-0.4, -0.2) is 20.2 Å². The number of aliphatic imine (C=N–C) groups is 1. The van der Waals surface area contributed by atoms with E-state index in [2.05, 4.69) is 48.7 Å². The Kier molecular flexibility index (Phi) is 4.85. The van der Waals surface area contributed by atoms with Crippen molar-refractivity contribution >= 4 is 31.4 Å². The third-order valence-corrected chi connectivity index (χ3v) is 2.94. The second kappa shape index (κ2) is 5.94. The monoisotopic (exact) mass is 263 g/mol. The maximum atomic E-state index is 5.08. The molecule has 4 heteroatoms. The SMILES string of the molecule is COc1ccc(N=C(S)C#C[Si](C)(C)C)cc1. The summed E-state index contributed by atoms with van der Waals surface area (Å²) in [5, 5.41) is 0.553. The lowest BCUT2D eigenvalue weighted by Crippen LogP contribution is -2.16. The molecule has 0 spiro atoms. The average Bonchev–Trinajstić information content (AvgIpc) is 2.27. The van der Waals surface area contributed by atoms with Crippen LogP contribution in [0.1, 0.15) is 0 Å². The zero-order valence-corrected chi connectivity index (χ0v) is 12.5. The second-order valence-corrected chi connectivity index (χ2v) is 9.81. The number of benzene rings is 1. The van der Waals surface area contributed by atoms with Crippen LogP contribution in [-0.2, 0) is 0 Å². The summed E-state index contributed by atoms with van der Waals surface area (Å²) in [6.07, 6.45) is 0. The van der Waals surface area contributed by atoms with Gasteiger partial charge in [0.15, 0.2) is 0 Å². The van der Waals surface area contributed by atoms with Crippen LogP contribution >= 0.6 is 12.6 Å². The molecule has 90 valence electrons. The van der Waals surface area contributed by atoms with Crippen molar-refractivity contribution < 1.29 is 4.74 Å². The predicted octanol–water partition coefficient (Wildman–Crippen LogP) is 3.54. The first-order valence-corrected chi connectivity index (χ1v) is 9.30. The molecule has 0 aliphatic rings. The largest absolute Gasteiger partial charge is 0.497 e. The molecule has 0 radical (unpaired) electrons. The molecule has 0 unspecified atom stereocenters. The molecule has 0 N–H and O–H groups in total. The second-order valence-electron chi connectivity index (χ2n) is 4.63. The van der Waals surface area contributed by atoms with Gasteiger partial charge in [-0.2, -0.15) is 0 Å². The van der Waals surface area contributed by atoms with Crippen molar-refractivity contribution in [3.05, 3.63) is 24.3 Å². The summed E-state index contributed by atoms with van der Waals surface area (Å²) in [7, 11) is 0.278. The molecular weight excluding hydrogens is 246 g/mol. The summed E-state index contributed by atoms with van der Waals surface area (Å²) < 4.78 is 5.08. The zero-order chi connectivity index (χ0) is 12.9. The minimum Gasteiger partial charge on any atom is -0.497 e. The first-order chi connectivity index (χ1) is 7.90. The van der Waals surface area contributed by atoms with Gasteiger partial charge in [0, 0.05) is 0 Å². The smallest absolute Gasteiger partial charge is 0.143 e. The minimum atomic E-state index is -1.36. The van der Waals surface area contributed by atoms with Crippen LogP contribution in [0.3, 0.4) is 0 Å². The summed E-state index contributed by atoms with van der Waals surface area (Å²) in [6, 6.07) is 7.49. The highest BCUT2D eigenvalue weighted by Crippen LogP contribution is 2.18. The van der Waals surface area contributed by atoms with Crippen molar-refractivity contribution in [2.24, 2.45) is 4.99 Å². The van der Waals surface area contributed by atoms with Gasteiger partial charge >= 0.3 is 0 Å². The molecule has 0 saturated heterocycles. The third kappa shape index (κ3) is 5.62. The highest BCUT2D eigenvalue weighted by Gasteiger charge is 2.07. The lowest BCUT2D eigenvalue weighted by atomic mass is 10.3. The van der Waals surface area contributed by atoms with Crippen LogP contribution in [0, 0.1) is 11.5 Å². The standard InChI is InChI=1S/C13H17NOSSi/c1-15-12-7-5-11(6-8-12)14-13(16)9-10-17(2,3)4/h5-8H,1-4H3,(H,14,16). The van der Waals surface area contributed by atoms with E-state index in [4.69, 9.17) is 4.74 Å². The molecule has 0 aliphatic carbocycles. The minimum absolute atomic E-state index is 0.553. The molecule has 2 nitrogen and oxygen atoms in total. The summed E-state index contributed by atoms with van der Waals surface area (Å²) in [4.78, 5) is 4.31. The van der Waals surface area contributed by atoms with Gasteiger partial charge < -0.3 is 4.74 Å². The molecule has 0 saturated carbocycles. The van der Waals surface area contributed by atoms with Gasteiger partial charge in [0.25, 0.3) is 0 Å². The molecule has 1 rings (SSSR count). The van der Waals surface area contributed by atoms with Gasteiger partial charge in [0.05, 0.1) is 12.8 Å². The predicted molar refractivity (Wildman–Crippen MR) is 80.2 cm³/mol. The molecule has 0 aliphatic heterocycles. The molecule has 0 atom stereocenters. The average molecular weight is 263 g/mol. The van der Waals surface area contributed by atoms with E-state index in [-0.39, 0.29) is 0 Å². The highest BCUT2D eigenvalue weighted by molar-refractivity contribution is 7.97. The lowest BCUT2D eigenvalue weighted by Gasteiger charge is -2.03. The van der Waals surface area contributed by atoms with E-state index in [9.17, 15) is 0 Å². The quantitative estimate of drug-likeness (QED) is 0.285. The third-order valence-electron chi connectivity index (χ3n) is 1.86. The number of hydrogen-bond donors (Lipinski definition) is 1. The summed E-state index contributed by atoms with van der Waals surface area (Å²) in [5.74, 6) is 3.81. The summed E-state index contributed by atoms with van der Waals surface area (Å²) >= 11 is 4.27. The first kappa shape index (κ1) is 13.9. The number of nitrogens with zero attached hydrogens (tertiary/aromatic N) is 1. The van der Waals surface area contributed by atoms with Gasteiger partial charge in [-0.05, 0) is 30.2 Å². The molecule has 0 fully saturated rings. The van der Waals surface area contributed by atoms with Crippen LogP contribution in [0.4, 0.5) is 5.69 Å². The molecule has 0 aromatic heterocycles. The van der Waals surface area contributed by atoms with Crippen LogP contribution in [0.25, 0.3) is 0 Å². The maximum Gasteiger partial charge on any atom is 0.143 e. The normalized spacial score (nSPS) is 11.7. The fourth-order valence-electron chi connectivity index (χ4n) is 1.05. The first-order valence-electron chi connectivity index (χ1n) is 5.35. The fraction of sp³-hybridized carbons (Fsp3) is 0.308. The van der Waals surface area contributed by atoms with Crippen LogP contribution in [0.15, 0.2) is 29.3 Å².